The number of thioether (sulfide) groups is 1. The molecule has 13 heteroatoms. The number of benzene rings is 3. The number of ether oxygens (including phenoxy) is 2. The summed E-state index contributed by atoms with van der Waals surface area (Å²) < 4.78 is 10.9. The fourth-order valence-corrected chi connectivity index (χ4v) is 6.42. The first kappa shape index (κ1) is 30.3. The van der Waals surface area contributed by atoms with Gasteiger partial charge in [-0.15, -0.1) is 0 Å². The van der Waals surface area contributed by atoms with Gasteiger partial charge in [-0.05, 0) is 88.6 Å². The highest BCUT2D eigenvalue weighted by Crippen LogP contribution is 2.38. The number of amidine groups is 1. The molecule has 220 valence electrons. The molecular weight excluding hydrogens is 660 g/mol. The number of non-ortho nitro benzene ring substituents is 1. The molecular formula is C30H24BrClN4O6S. The number of nitro benzene ring substituents is 1. The Balaban J connectivity index is 1.42. The Labute approximate surface area is 264 Å². The topological polar surface area (TPSA) is 127 Å². The lowest BCUT2D eigenvalue weighted by atomic mass is 10.1. The fourth-order valence-electron chi connectivity index (χ4n) is 4.40. The largest absolute Gasteiger partial charge is 0.479 e. The average molecular weight is 684 g/mol. The third-order valence-corrected chi connectivity index (χ3v) is 8.29. The van der Waals surface area contributed by atoms with Gasteiger partial charge in [-0.3, -0.25) is 19.8 Å². The van der Waals surface area contributed by atoms with Crippen molar-refractivity contribution in [1.29, 1.82) is 0 Å². The molecule has 1 aliphatic heterocycles. The van der Waals surface area contributed by atoms with Gasteiger partial charge >= 0.3 is 5.97 Å². The minimum absolute atomic E-state index is 0.0481. The van der Waals surface area contributed by atoms with Gasteiger partial charge in [0.2, 0.25) is 0 Å². The van der Waals surface area contributed by atoms with Crippen LogP contribution < -0.4 is 4.74 Å². The first-order valence-corrected chi connectivity index (χ1v) is 15.1. The number of nitrogens with zero attached hydrogens (tertiary/aromatic N) is 3. The zero-order valence-corrected chi connectivity index (χ0v) is 25.9. The predicted octanol–water partition coefficient (Wildman–Crippen LogP) is 7.28. The number of fused-ring (bicyclic) bond motifs is 1. The van der Waals surface area contributed by atoms with Crippen LogP contribution in [0, 0.1) is 10.1 Å². The van der Waals surface area contributed by atoms with Gasteiger partial charge in [0.15, 0.2) is 17.5 Å². The van der Waals surface area contributed by atoms with Crippen molar-refractivity contribution < 1.29 is 24.0 Å². The number of rotatable bonds is 10. The molecule has 0 atom stereocenters. The minimum atomic E-state index is -0.517. The van der Waals surface area contributed by atoms with E-state index in [9.17, 15) is 19.7 Å². The Morgan fingerprint density at radius 2 is 1.98 bits per heavy atom. The molecule has 2 heterocycles. The highest BCUT2D eigenvalue weighted by Gasteiger charge is 2.33. The second kappa shape index (κ2) is 13.4. The number of aliphatic imine (C=N–C) groups is 1. The Morgan fingerprint density at radius 3 is 2.70 bits per heavy atom. The number of carbonyl (C=O) groups excluding carboxylic acids is 2. The summed E-state index contributed by atoms with van der Waals surface area (Å²) in [6, 6.07) is 17.1. The van der Waals surface area contributed by atoms with Crippen molar-refractivity contribution in [3.8, 4) is 5.75 Å². The summed E-state index contributed by atoms with van der Waals surface area (Å²) in [6.07, 6.45) is 4.22. The van der Waals surface area contributed by atoms with Gasteiger partial charge in [0.25, 0.3) is 11.6 Å². The van der Waals surface area contributed by atoms with Crippen LogP contribution in [0.1, 0.15) is 18.1 Å². The number of para-hydroxylation sites is 1. The molecule has 0 bridgehead atoms. The van der Waals surface area contributed by atoms with Crippen LogP contribution >= 0.6 is 39.3 Å². The van der Waals surface area contributed by atoms with E-state index in [0.717, 1.165) is 16.5 Å². The van der Waals surface area contributed by atoms with E-state index in [0.29, 0.717) is 38.8 Å². The summed E-state index contributed by atoms with van der Waals surface area (Å²) in [5.74, 6) is -0.472. The Hall–Kier alpha value is -4.13. The number of nitro groups is 1. The fraction of sp³-hybridized carbons (Fsp3) is 0.167. The number of carbonyl (C=O) groups is 2. The summed E-state index contributed by atoms with van der Waals surface area (Å²) in [7, 11) is 0. The second-order valence-electron chi connectivity index (χ2n) is 9.25. The monoisotopic (exact) mass is 682 g/mol. The molecule has 3 aromatic carbocycles. The zero-order chi connectivity index (χ0) is 30.5. The van der Waals surface area contributed by atoms with Crippen molar-refractivity contribution in [2.24, 2.45) is 4.99 Å². The number of hydrogen-bond acceptors (Lipinski definition) is 8. The molecule has 1 N–H and O–H groups in total. The molecule has 0 aliphatic carbocycles. The molecule has 1 aliphatic rings. The maximum Gasteiger partial charge on any atom is 0.344 e. The highest BCUT2D eigenvalue weighted by molar-refractivity contribution is 9.10. The number of aromatic nitrogens is 1. The maximum absolute atomic E-state index is 13.7. The van der Waals surface area contributed by atoms with Crippen molar-refractivity contribution in [3.63, 3.8) is 0 Å². The summed E-state index contributed by atoms with van der Waals surface area (Å²) >= 11 is 11.1. The number of aromatic amines is 1. The molecule has 0 unspecified atom stereocenters. The maximum atomic E-state index is 13.7. The Kier molecular flexibility index (Phi) is 9.49. The van der Waals surface area contributed by atoms with Crippen LogP contribution in [0.3, 0.4) is 0 Å². The smallest absolute Gasteiger partial charge is 0.344 e. The first-order chi connectivity index (χ1) is 20.7. The number of hydrogen-bond donors (Lipinski definition) is 1. The quantitative estimate of drug-likeness (QED) is 0.0806. The van der Waals surface area contributed by atoms with Gasteiger partial charge in [0.1, 0.15) is 0 Å². The van der Waals surface area contributed by atoms with Crippen LogP contribution in [-0.2, 0) is 20.7 Å². The van der Waals surface area contributed by atoms with Crippen molar-refractivity contribution in [2.45, 2.75) is 13.3 Å². The lowest BCUT2D eigenvalue weighted by Gasteiger charge is -2.15. The van der Waals surface area contributed by atoms with Crippen LogP contribution in [0.15, 0.2) is 81.2 Å². The van der Waals surface area contributed by atoms with E-state index in [-0.39, 0.29) is 35.6 Å². The van der Waals surface area contributed by atoms with Gasteiger partial charge in [-0.2, -0.15) is 0 Å². The van der Waals surface area contributed by atoms with Gasteiger partial charge in [0.05, 0.1) is 31.6 Å². The normalized spacial score (nSPS) is 15.0. The molecule has 0 saturated carbocycles. The molecule has 1 fully saturated rings. The number of esters is 1. The molecule has 0 spiro atoms. The molecule has 0 radical (unpaired) electrons. The molecule has 4 aromatic rings. The van der Waals surface area contributed by atoms with Gasteiger partial charge in [-0.25, -0.2) is 9.79 Å². The molecule has 1 saturated heterocycles. The highest BCUT2D eigenvalue weighted by atomic mass is 79.9. The predicted molar refractivity (Wildman–Crippen MR) is 171 cm³/mol. The van der Waals surface area contributed by atoms with E-state index in [2.05, 4.69) is 25.9 Å². The van der Waals surface area contributed by atoms with Crippen LogP contribution in [0.4, 0.5) is 11.4 Å². The van der Waals surface area contributed by atoms with E-state index >= 15 is 0 Å². The van der Waals surface area contributed by atoms with Crippen molar-refractivity contribution in [2.75, 3.05) is 19.8 Å². The number of halogens is 2. The second-order valence-corrected chi connectivity index (χ2v) is 11.5. The van der Waals surface area contributed by atoms with Gasteiger partial charge < -0.3 is 14.5 Å². The van der Waals surface area contributed by atoms with E-state index in [1.54, 1.807) is 42.2 Å². The van der Waals surface area contributed by atoms with Crippen molar-refractivity contribution in [1.82, 2.24) is 9.88 Å². The van der Waals surface area contributed by atoms with Crippen LogP contribution in [0.25, 0.3) is 17.0 Å². The summed E-state index contributed by atoms with van der Waals surface area (Å²) in [5.41, 5.74) is 3.14. The molecule has 43 heavy (non-hydrogen) atoms. The Morgan fingerprint density at radius 1 is 1.21 bits per heavy atom. The van der Waals surface area contributed by atoms with E-state index < -0.39 is 10.9 Å². The van der Waals surface area contributed by atoms with Crippen LogP contribution in [-0.4, -0.2) is 51.6 Å². The summed E-state index contributed by atoms with van der Waals surface area (Å²) in [4.78, 5) is 45.9. The van der Waals surface area contributed by atoms with E-state index in [4.69, 9.17) is 21.1 Å². The van der Waals surface area contributed by atoms with Crippen molar-refractivity contribution >= 4 is 84.7 Å². The SMILES string of the molecule is CCOC(=O)COc1c(Cl)cc(/C=C2\SC(=Nc3ccc([N+](=O)[O-])cc3)N(CCc3c[nH]c4ccccc34)C2=O)cc1Br. The number of nitrogens with one attached hydrogen (secondary N) is 1. The van der Waals surface area contributed by atoms with Gasteiger partial charge in [-0.1, -0.05) is 29.8 Å². The van der Waals surface area contributed by atoms with E-state index in [1.807, 2.05) is 30.5 Å². The minimum Gasteiger partial charge on any atom is -0.479 e. The summed E-state index contributed by atoms with van der Waals surface area (Å²) in [6.45, 7) is 2.01. The number of H-pyrrole nitrogens is 1. The van der Waals surface area contributed by atoms with Crippen LogP contribution in [0.5, 0.6) is 5.75 Å². The van der Waals surface area contributed by atoms with Crippen LogP contribution in [0.2, 0.25) is 5.02 Å². The third kappa shape index (κ3) is 7.10. The lowest BCUT2D eigenvalue weighted by molar-refractivity contribution is -0.384. The molecule has 10 nitrogen and oxygen atoms in total. The lowest BCUT2D eigenvalue weighted by Crippen LogP contribution is -2.31. The molecule has 5 rings (SSSR count). The average Bonchev–Trinajstić information content (AvgIpc) is 3.52. The molecule has 1 aromatic heterocycles. The number of amides is 1. The van der Waals surface area contributed by atoms with Gasteiger partial charge in [0, 0.05) is 35.8 Å². The molecule has 1 amide bonds. The third-order valence-electron chi connectivity index (χ3n) is 6.41. The Bertz CT molecular complexity index is 1750. The standard InChI is InChI=1S/C30H24BrClN4O6S/c1-2-41-27(37)17-42-28-23(31)13-18(14-24(28)32)15-26-29(38)35(12-11-19-16-33-25-6-4-3-5-22(19)25)30(43-26)34-20-7-9-21(10-8-20)36(39)40/h3-10,13-16,33H,2,11-12,17H2,1H3/b26-15-,34-30?. The first-order valence-electron chi connectivity index (χ1n) is 13.1. The van der Waals surface area contributed by atoms with E-state index in [1.165, 1.54) is 23.9 Å². The summed E-state index contributed by atoms with van der Waals surface area (Å²) in [5, 5.41) is 12.9. The zero-order valence-electron chi connectivity index (χ0n) is 22.7. The van der Waals surface area contributed by atoms with Crippen molar-refractivity contribution in [3.05, 3.63) is 103 Å².